The van der Waals surface area contributed by atoms with E-state index in [1.54, 1.807) is 18.2 Å². The van der Waals surface area contributed by atoms with E-state index in [4.69, 9.17) is 9.47 Å². The van der Waals surface area contributed by atoms with Crippen molar-refractivity contribution in [2.45, 2.75) is 4.90 Å². The van der Waals surface area contributed by atoms with E-state index in [9.17, 15) is 8.42 Å². The number of benzene rings is 1. The van der Waals surface area contributed by atoms with Crippen LogP contribution in [0.2, 0.25) is 0 Å². The average Bonchev–Trinajstić information content (AvgIpc) is 2.55. The van der Waals surface area contributed by atoms with E-state index in [0.717, 1.165) is 26.2 Å². The fourth-order valence-corrected chi connectivity index (χ4v) is 3.79. The third-order valence-corrected chi connectivity index (χ3v) is 5.23. The molecule has 1 fully saturated rings. The predicted molar refractivity (Wildman–Crippen MR) is 96.4 cm³/mol. The molecule has 0 aliphatic carbocycles. The Morgan fingerprint density at radius 2 is 1.83 bits per heavy atom. The minimum absolute atomic E-state index is 0. The Kier molecular flexibility index (Phi) is 8.55. The molecule has 0 saturated carbocycles. The summed E-state index contributed by atoms with van der Waals surface area (Å²) in [4.78, 5) is 2.38. The number of hydrogen-bond acceptors (Lipinski definition) is 6. The summed E-state index contributed by atoms with van der Waals surface area (Å²) >= 11 is 0. The van der Waals surface area contributed by atoms with Gasteiger partial charge in [-0.25, -0.2) is 13.1 Å². The number of nitrogens with one attached hydrogen (secondary N) is 2. The van der Waals surface area contributed by atoms with E-state index < -0.39 is 10.0 Å². The minimum atomic E-state index is -3.60. The van der Waals surface area contributed by atoms with Gasteiger partial charge in [0.25, 0.3) is 0 Å². The number of rotatable bonds is 5. The van der Waals surface area contributed by atoms with Gasteiger partial charge >= 0.3 is 0 Å². The van der Waals surface area contributed by atoms with Gasteiger partial charge in [-0.2, -0.15) is 0 Å². The number of fused-ring (bicyclic) bond motifs is 1. The number of sulfonamides is 1. The second-order valence-electron chi connectivity index (χ2n) is 5.27. The zero-order valence-electron chi connectivity index (χ0n) is 13.2. The average molecular weight is 400 g/mol. The summed E-state index contributed by atoms with van der Waals surface area (Å²) in [6, 6.07) is 4.92. The largest absolute Gasteiger partial charge is 0.486 e. The Morgan fingerprint density at radius 1 is 1.12 bits per heavy atom. The van der Waals surface area contributed by atoms with E-state index >= 15 is 0 Å². The standard InChI is InChI=1S/C14H21N3O4S.2ClH/c18-22(19,16-6-9-17-7-4-15-5-8-17)13-3-1-2-12-14(13)21-11-10-20-12;;/h1-3,15-16H,4-11H2;2*1H. The molecule has 2 aliphatic rings. The first-order chi connectivity index (χ1) is 10.7. The summed E-state index contributed by atoms with van der Waals surface area (Å²) in [5.41, 5.74) is 0. The molecule has 0 amide bonds. The van der Waals surface area contributed by atoms with Crippen LogP contribution >= 0.6 is 24.8 Å². The van der Waals surface area contributed by atoms with Gasteiger partial charge in [-0.15, -0.1) is 24.8 Å². The van der Waals surface area contributed by atoms with Crippen molar-refractivity contribution in [2.75, 3.05) is 52.5 Å². The number of ether oxygens (including phenoxy) is 2. The van der Waals surface area contributed by atoms with E-state index in [1.807, 2.05) is 0 Å². The van der Waals surface area contributed by atoms with Gasteiger partial charge in [-0.05, 0) is 12.1 Å². The summed E-state index contributed by atoms with van der Waals surface area (Å²) in [5, 5.41) is 3.27. The van der Waals surface area contributed by atoms with Crippen molar-refractivity contribution >= 4 is 34.8 Å². The van der Waals surface area contributed by atoms with Crippen LogP contribution in [0.4, 0.5) is 0 Å². The van der Waals surface area contributed by atoms with Gasteiger partial charge in [0.05, 0.1) is 0 Å². The van der Waals surface area contributed by atoms with Crippen LogP contribution in [-0.4, -0.2) is 65.8 Å². The number of piperazine rings is 1. The summed E-state index contributed by atoms with van der Waals surface area (Å²) in [7, 11) is -3.60. The van der Waals surface area contributed by atoms with Crippen molar-refractivity contribution < 1.29 is 17.9 Å². The molecule has 0 spiro atoms. The Bertz CT molecular complexity index is 624. The van der Waals surface area contributed by atoms with Crippen LogP contribution in [0.1, 0.15) is 0 Å². The summed E-state index contributed by atoms with van der Waals surface area (Å²) in [6.07, 6.45) is 0. The molecule has 3 rings (SSSR count). The molecular weight excluding hydrogens is 377 g/mol. The SMILES string of the molecule is Cl.Cl.O=S(=O)(NCCN1CCNCC1)c1cccc2c1OCCO2. The molecular formula is C14H23Cl2N3O4S. The van der Waals surface area contributed by atoms with Crippen LogP contribution < -0.4 is 19.5 Å². The highest BCUT2D eigenvalue weighted by molar-refractivity contribution is 7.89. The highest BCUT2D eigenvalue weighted by Gasteiger charge is 2.25. The van der Waals surface area contributed by atoms with E-state index in [-0.39, 0.29) is 29.7 Å². The molecule has 2 heterocycles. The van der Waals surface area contributed by atoms with Gasteiger partial charge in [-0.1, -0.05) is 6.07 Å². The third kappa shape index (κ3) is 5.11. The zero-order chi connectivity index (χ0) is 15.4. The Hall–Kier alpha value is -0.770. The van der Waals surface area contributed by atoms with E-state index in [1.165, 1.54) is 0 Å². The summed E-state index contributed by atoms with van der Waals surface area (Å²) < 4.78 is 38.5. The molecule has 10 heteroatoms. The van der Waals surface area contributed by atoms with E-state index in [2.05, 4.69) is 14.9 Å². The first-order valence-electron chi connectivity index (χ1n) is 7.48. The van der Waals surface area contributed by atoms with Gasteiger partial charge in [-0.3, -0.25) is 4.90 Å². The van der Waals surface area contributed by atoms with Gasteiger partial charge in [0.2, 0.25) is 10.0 Å². The first-order valence-corrected chi connectivity index (χ1v) is 8.96. The highest BCUT2D eigenvalue weighted by atomic mass is 35.5. The van der Waals surface area contributed by atoms with Crippen molar-refractivity contribution in [1.82, 2.24) is 14.9 Å². The van der Waals surface area contributed by atoms with Crippen molar-refractivity contribution in [3.8, 4) is 11.5 Å². The maximum Gasteiger partial charge on any atom is 0.244 e. The highest BCUT2D eigenvalue weighted by Crippen LogP contribution is 2.36. The molecule has 0 unspecified atom stereocenters. The van der Waals surface area contributed by atoms with Crippen molar-refractivity contribution in [3.63, 3.8) is 0 Å². The smallest absolute Gasteiger partial charge is 0.244 e. The van der Waals surface area contributed by atoms with Crippen molar-refractivity contribution in [3.05, 3.63) is 18.2 Å². The Balaban J connectivity index is 0.00000144. The van der Waals surface area contributed by atoms with E-state index in [0.29, 0.717) is 37.8 Å². The quantitative estimate of drug-likeness (QED) is 0.749. The maximum atomic E-state index is 12.5. The maximum absolute atomic E-state index is 12.5. The Morgan fingerprint density at radius 3 is 2.58 bits per heavy atom. The second-order valence-corrected chi connectivity index (χ2v) is 7.01. The lowest BCUT2D eigenvalue weighted by Gasteiger charge is -2.27. The molecule has 0 aromatic heterocycles. The predicted octanol–water partition coefficient (Wildman–Crippen LogP) is 0.485. The molecule has 0 atom stereocenters. The van der Waals surface area contributed by atoms with Gasteiger partial charge in [0, 0.05) is 39.3 Å². The summed E-state index contributed by atoms with van der Waals surface area (Å²) in [5.74, 6) is 0.791. The number of nitrogens with zero attached hydrogens (tertiary/aromatic N) is 1. The van der Waals surface area contributed by atoms with Gasteiger partial charge in [0.15, 0.2) is 11.5 Å². The molecule has 138 valence electrons. The topological polar surface area (TPSA) is 79.9 Å². The molecule has 1 saturated heterocycles. The van der Waals surface area contributed by atoms with Crippen molar-refractivity contribution in [2.24, 2.45) is 0 Å². The molecule has 2 aliphatic heterocycles. The molecule has 0 bridgehead atoms. The first kappa shape index (κ1) is 21.3. The number of halogens is 2. The zero-order valence-corrected chi connectivity index (χ0v) is 15.6. The van der Waals surface area contributed by atoms with Crippen LogP contribution in [0.25, 0.3) is 0 Å². The lowest BCUT2D eigenvalue weighted by molar-refractivity contribution is 0.167. The van der Waals surface area contributed by atoms with Crippen LogP contribution in [0.3, 0.4) is 0 Å². The van der Waals surface area contributed by atoms with Crippen LogP contribution in [-0.2, 0) is 10.0 Å². The lowest BCUT2D eigenvalue weighted by atomic mass is 10.3. The van der Waals surface area contributed by atoms with Crippen LogP contribution in [0.15, 0.2) is 23.1 Å². The molecule has 1 aromatic rings. The normalized spacial score (nSPS) is 17.5. The Labute approximate surface area is 154 Å². The lowest BCUT2D eigenvalue weighted by Crippen LogP contribution is -2.46. The minimum Gasteiger partial charge on any atom is -0.486 e. The second kappa shape index (κ2) is 9.65. The van der Waals surface area contributed by atoms with Crippen LogP contribution in [0, 0.1) is 0 Å². The molecule has 24 heavy (non-hydrogen) atoms. The summed E-state index contributed by atoms with van der Waals surface area (Å²) in [6.45, 7) is 5.67. The molecule has 2 N–H and O–H groups in total. The van der Waals surface area contributed by atoms with Gasteiger partial charge < -0.3 is 14.8 Å². The van der Waals surface area contributed by atoms with Crippen LogP contribution in [0.5, 0.6) is 11.5 Å². The number of para-hydroxylation sites is 1. The van der Waals surface area contributed by atoms with Gasteiger partial charge in [0.1, 0.15) is 18.1 Å². The molecule has 0 radical (unpaired) electrons. The molecule has 1 aromatic carbocycles. The monoisotopic (exact) mass is 399 g/mol. The fourth-order valence-electron chi connectivity index (χ4n) is 2.61. The third-order valence-electron chi connectivity index (χ3n) is 3.75. The number of hydrogen-bond donors (Lipinski definition) is 2. The van der Waals surface area contributed by atoms with Crippen molar-refractivity contribution in [1.29, 1.82) is 0 Å². The fraction of sp³-hybridized carbons (Fsp3) is 0.571. The molecule has 7 nitrogen and oxygen atoms in total.